The highest BCUT2D eigenvalue weighted by atomic mass is 15.3. The van der Waals surface area contributed by atoms with Gasteiger partial charge in [-0.05, 0) is 57.6 Å². The van der Waals surface area contributed by atoms with Gasteiger partial charge in [0.05, 0.1) is 0 Å². The third-order valence-corrected chi connectivity index (χ3v) is 5.81. The largest absolute Gasteiger partial charge is 0.366 e. The number of aromatic nitrogens is 3. The van der Waals surface area contributed by atoms with Crippen LogP contribution in [0, 0.1) is 0 Å². The van der Waals surface area contributed by atoms with Crippen LogP contribution in [0.5, 0.6) is 0 Å². The zero-order chi connectivity index (χ0) is 16.8. The summed E-state index contributed by atoms with van der Waals surface area (Å²) in [6.45, 7) is 3.51. The van der Waals surface area contributed by atoms with Crippen molar-refractivity contribution in [3.05, 3.63) is 35.7 Å². The fraction of sp³-hybridized carbons (Fsp3) is 0.550. The molecule has 2 aromatic rings. The van der Waals surface area contributed by atoms with E-state index < -0.39 is 0 Å². The lowest BCUT2D eigenvalue weighted by Crippen LogP contribution is -2.31. The highest BCUT2D eigenvalue weighted by molar-refractivity contribution is 5.58. The van der Waals surface area contributed by atoms with Crippen LogP contribution in [-0.4, -0.2) is 44.5 Å². The molecule has 3 heterocycles. The third kappa shape index (κ3) is 2.91. The standard InChI is InChI=1S/C20H25N5/c1-13-11-14(12-25(13)15-8-9-15)22-19-16-5-4-7-17(16)23-20(24-19)18-6-2-3-10-21-18/h2-3,6,10,13-15H,4-5,7-9,11-12H2,1H3,(H,22,23,24). The van der Waals surface area contributed by atoms with E-state index in [1.165, 1.54) is 36.9 Å². The molecule has 1 aliphatic heterocycles. The summed E-state index contributed by atoms with van der Waals surface area (Å²) in [5.41, 5.74) is 3.40. The number of nitrogens with zero attached hydrogens (tertiary/aromatic N) is 4. The summed E-state index contributed by atoms with van der Waals surface area (Å²) in [5.74, 6) is 1.81. The van der Waals surface area contributed by atoms with Gasteiger partial charge in [0, 0.05) is 42.1 Å². The predicted molar refractivity (Wildman–Crippen MR) is 98.5 cm³/mol. The Balaban J connectivity index is 1.43. The van der Waals surface area contributed by atoms with Crippen molar-refractivity contribution in [2.45, 2.75) is 63.6 Å². The zero-order valence-electron chi connectivity index (χ0n) is 14.8. The van der Waals surface area contributed by atoms with Crippen LogP contribution in [0.25, 0.3) is 11.5 Å². The Morgan fingerprint density at radius 3 is 2.88 bits per heavy atom. The van der Waals surface area contributed by atoms with Gasteiger partial charge in [0.15, 0.2) is 5.82 Å². The number of nitrogens with one attached hydrogen (secondary N) is 1. The lowest BCUT2D eigenvalue weighted by Gasteiger charge is -2.20. The third-order valence-electron chi connectivity index (χ3n) is 5.81. The first kappa shape index (κ1) is 15.3. The topological polar surface area (TPSA) is 53.9 Å². The Labute approximate surface area is 148 Å². The normalized spacial score (nSPS) is 26.0. The van der Waals surface area contributed by atoms with Crippen LogP contribution in [0.3, 0.4) is 0 Å². The van der Waals surface area contributed by atoms with Crippen molar-refractivity contribution in [1.82, 2.24) is 19.9 Å². The summed E-state index contributed by atoms with van der Waals surface area (Å²) in [4.78, 5) is 16.8. The van der Waals surface area contributed by atoms with Crippen molar-refractivity contribution in [3.8, 4) is 11.5 Å². The minimum Gasteiger partial charge on any atom is -0.366 e. The van der Waals surface area contributed by atoms with Gasteiger partial charge in [-0.3, -0.25) is 9.88 Å². The molecule has 2 aliphatic carbocycles. The van der Waals surface area contributed by atoms with Crippen LogP contribution in [0.4, 0.5) is 5.82 Å². The number of hydrogen-bond donors (Lipinski definition) is 1. The number of aryl methyl sites for hydroxylation is 1. The molecule has 2 atom stereocenters. The van der Waals surface area contributed by atoms with Gasteiger partial charge in [-0.1, -0.05) is 6.07 Å². The molecule has 2 aromatic heterocycles. The smallest absolute Gasteiger partial charge is 0.180 e. The zero-order valence-corrected chi connectivity index (χ0v) is 14.8. The van der Waals surface area contributed by atoms with Gasteiger partial charge in [-0.25, -0.2) is 9.97 Å². The Hall–Kier alpha value is -2.01. The SMILES string of the molecule is CC1CC(Nc2nc(-c3ccccn3)nc3c2CCC3)CN1C1CC1. The van der Waals surface area contributed by atoms with Crippen LogP contribution in [0.15, 0.2) is 24.4 Å². The maximum Gasteiger partial charge on any atom is 0.180 e. The summed E-state index contributed by atoms with van der Waals surface area (Å²) in [7, 11) is 0. The minimum atomic E-state index is 0.492. The first-order valence-electron chi connectivity index (χ1n) is 9.61. The molecular formula is C20H25N5. The molecule has 2 unspecified atom stereocenters. The molecule has 2 fully saturated rings. The predicted octanol–water partition coefficient (Wildman–Crippen LogP) is 3.06. The van der Waals surface area contributed by atoms with Crippen molar-refractivity contribution >= 4 is 5.82 Å². The van der Waals surface area contributed by atoms with E-state index >= 15 is 0 Å². The van der Waals surface area contributed by atoms with Crippen molar-refractivity contribution in [1.29, 1.82) is 0 Å². The summed E-state index contributed by atoms with van der Waals surface area (Å²) < 4.78 is 0. The lowest BCUT2D eigenvalue weighted by molar-refractivity contribution is 0.257. The molecule has 0 spiro atoms. The molecule has 5 heteroatoms. The van der Waals surface area contributed by atoms with Crippen LogP contribution < -0.4 is 5.32 Å². The van der Waals surface area contributed by atoms with E-state index in [0.717, 1.165) is 42.8 Å². The van der Waals surface area contributed by atoms with E-state index in [1.54, 1.807) is 0 Å². The van der Waals surface area contributed by atoms with Crippen LogP contribution in [0.2, 0.25) is 0 Å². The Bertz CT molecular complexity index is 771. The second-order valence-corrected chi connectivity index (χ2v) is 7.74. The van der Waals surface area contributed by atoms with Crippen molar-refractivity contribution in [3.63, 3.8) is 0 Å². The van der Waals surface area contributed by atoms with E-state index in [0.29, 0.717) is 12.1 Å². The summed E-state index contributed by atoms with van der Waals surface area (Å²) in [6.07, 6.45) is 9.10. The van der Waals surface area contributed by atoms with Crippen molar-refractivity contribution < 1.29 is 0 Å². The summed E-state index contributed by atoms with van der Waals surface area (Å²) in [5, 5.41) is 3.77. The Morgan fingerprint density at radius 2 is 2.08 bits per heavy atom. The van der Waals surface area contributed by atoms with Gasteiger partial charge in [-0.15, -0.1) is 0 Å². The molecule has 130 valence electrons. The average molecular weight is 335 g/mol. The maximum atomic E-state index is 4.89. The van der Waals surface area contributed by atoms with E-state index in [9.17, 15) is 0 Å². The Morgan fingerprint density at radius 1 is 1.16 bits per heavy atom. The van der Waals surface area contributed by atoms with E-state index in [-0.39, 0.29) is 0 Å². The summed E-state index contributed by atoms with van der Waals surface area (Å²) >= 11 is 0. The van der Waals surface area contributed by atoms with E-state index in [2.05, 4.69) is 22.1 Å². The van der Waals surface area contributed by atoms with E-state index in [4.69, 9.17) is 9.97 Å². The number of fused-ring (bicyclic) bond motifs is 1. The number of rotatable bonds is 4. The van der Waals surface area contributed by atoms with Crippen LogP contribution >= 0.6 is 0 Å². The molecule has 1 N–H and O–H groups in total. The van der Waals surface area contributed by atoms with Crippen molar-refractivity contribution in [2.75, 3.05) is 11.9 Å². The molecule has 0 aromatic carbocycles. The number of pyridine rings is 1. The van der Waals surface area contributed by atoms with Crippen LogP contribution in [-0.2, 0) is 12.8 Å². The van der Waals surface area contributed by atoms with Crippen molar-refractivity contribution in [2.24, 2.45) is 0 Å². The van der Waals surface area contributed by atoms with Gasteiger partial charge in [0.25, 0.3) is 0 Å². The van der Waals surface area contributed by atoms with Crippen LogP contribution in [0.1, 0.15) is 43.9 Å². The molecule has 1 saturated carbocycles. The lowest BCUT2D eigenvalue weighted by atomic mass is 10.1. The van der Waals surface area contributed by atoms with Gasteiger partial charge in [0.1, 0.15) is 11.5 Å². The highest BCUT2D eigenvalue weighted by Crippen LogP contribution is 2.35. The van der Waals surface area contributed by atoms with Gasteiger partial charge >= 0.3 is 0 Å². The molecule has 5 rings (SSSR count). The maximum absolute atomic E-state index is 4.89. The monoisotopic (exact) mass is 335 g/mol. The van der Waals surface area contributed by atoms with Gasteiger partial charge in [0.2, 0.25) is 0 Å². The molecular weight excluding hydrogens is 310 g/mol. The molecule has 0 amide bonds. The quantitative estimate of drug-likeness (QED) is 0.931. The number of anilines is 1. The Kier molecular flexibility index (Phi) is 3.70. The first-order valence-corrected chi connectivity index (χ1v) is 9.61. The highest BCUT2D eigenvalue weighted by Gasteiger charge is 2.39. The summed E-state index contributed by atoms with van der Waals surface area (Å²) in [6, 6.07) is 7.93. The first-order chi connectivity index (χ1) is 12.3. The minimum absolute atomic E-state index is 0.492. The van der Waals surface area contributed by atoms with Gasteiger partial charge < -0.3 is 5.32 Å². The fourth-order valence-electron chi connectivity index (χ4n) is 4.43. The average Bonchev–Trinajstić information content (AvgIpc) is 3.24. The number of hydrogen-bond acceptors (Lipinski definition) is 5. The molecule has 0 radical (unpaired) electrons. The fourth-order valence-corrected chi connectivity index (χ4v) is 4.43. The molecule has 1 saturated heterocycles. The molecule has 3 aliphatic rings. The molecule has 5 nitrogen and oxygen atoms in total. The van der Waals surface area contributed by atoms with E-state index in [1.807, 2.05) is 24.4 Å². The van der Waals surface area contributed by atoms with Gasteiger partial charge in [-0.2, -0.15) is 0 Å². The molecule has 25 heavy (non-hydrogen) atoms. The second-order valence-electron chi connectivity index (χ2n) is 7.74. The second kappa shape index (κ2) is 6.06. The number of likely N-dealkylation sites (tertiary alicyclic amines) is 1. The molecule has 0 bridgehead atoms.